The van der Waals surface area contributed by atoms with Gasteiger partial charge in [0.1, 0.15) is 6.04 Å². The number of carboxylic acids is 1. The highest BCUT2D eigenvalue weighted by Crippen LogP contribution is 2.15. The van der Waals surface area contributed by atoms with Gasteiger partial charge in [-0.15, -0.1) is 0 Å². The zero-order valence-electron chi connectivity index (χ0n) is 12.8. The lowest BCUT2D eigenvalue weighted by atomic mass is 10.0. The molecule has 1 aliphatic rings. The number of nitrogens with zero attached hydrogens (tertiary/aromatic N) is 1. The van der Waals surface area contributed by atoms with E-state index < -0.39 is 12.0 Å². The average Bonchev–Trinajstić information content (AvgIpc) is 2.48. The molecule has 1 aliphatic heterocycles. The minimum absolute atomic E-state index is 0.287. The molecule has 1 aromatic carbocycles. The molecule has 116 valence electrons. The first kappa shape index (κ1) is 16.0. The van der Waals surface area contributed by atoms with Crippen molar-refractivity contribution in [3.05, 3.63) is 35.9 Å². The third-order valence-corrected chi connectivity index (χ3v) is 4.07. The minimum Gasteiger partial charge on any atom is -0.480 e. The summed E-state index contributed by atoms with van der Waals surface area (Å²) in [6.07, 6.45) is 3.79. The Morgan fingerprint density at radius 1 is 1.43 bits per heavy atom. The molecular weight excluding hydrogens is 264 g/mol. The Morgan fingerprint density at radius 2 is 2.19 bits per heavy atom. The van der Waals surface area contributed by atoms with Crippen LogP contribution in [0.3, 0.4) is 0 Å². The first-order chi connectivity index (χ1) is 10.2. The van der Waals surface area contributed by atoms with Gasteiger partial charge < -0.3 is 10.4 Å². The molecule has 4 heteroatoms. The van der Waals surface area contributed by atoms with Crippen molar-refractivity contribution in [2.24, 2.45) is 0 Å². The molecular formula is C17H26N2O2. The first-order valence-corrected chi connectivity index (χ1v) is 7.94. The van der Waals surface area contributed by atoms with Crippen molar-refractivity contribution < 1.29 is 9.90 Å². The van der Waals surface area contributed by atoms with Gasteiger partial charge in [-0.1, -0.05) is 43.7 Å². The van der Waals surface area contributed by atoms with E-state index in [1.807, 2.05) is 13.0 Å². The SMILES string of the molecule is CCCC(NC1CCCN(Cc2ccccc2)C1)C(=O)O. The van der Waals surface area contributed by atoms with Crippen LogP contribution >= 0.6 is 0 Å². The molecule has 0 aliphatic carbocycles. The molecule has 21 heavy (non-hydrogen) atoms. The highest BCUT2D eigenvalue weighted by molar-refractivity contribution is 5.73. The summed E-state index contributed by atoms with van der Waals surface area (Å²) in [6, 6.07) is 10.3. The number of piperidine rings is 1. The maximum Gasteiger partial charge on any atom is 0.320 e. The van der Waals surface area contributed by atoms with E-state index in [2.05, 4.69) is 34.5 Å². The zero-order valence-corrected chi connectivity index (χ0v) is 12.8. The van der Waals surface area contributed by atoms with Gasteiger partial charge in [0, 0.05) is 19.1 Å². The zero-order chi connectivity index (χ0) is 15.1. The van der Waals surface area contributed by atoms with Crippen LogP contribution in [-0.2, 0) is 11.3 Å². The third kappa shape index (κ3) is 5.14. The van der Waals surface area contributed by atoms with Crippen molar-refractivity contribution in [1.29, 1.82) is 0 Å². The summed E-state index contributed by atoms with van der Waals surface area (Å²) < 4.78 is 0. The number of benzene rings is 1. The molecule has 0 saturated carbocycles. The number of nitrogens with one attached hydrogen (secondary N) is 1. The fourth-order valence-corrected chi connectivity index (χ4v) is 3.03. The van der Waals surface area contributed by atoms with E-state index in [1.165, 1.54) is 5.56 Å². The summed E-state index contributed by atoms with van der Waals surface area (Å²) in [4.78, 5) is 13.7. The standard InChI is InChI=1S/C17H26N2O2/c1-2-7-16(17(20)21)18-15-10-6-11-19(13-15)12-14-8-4-3-5-9-14/h3-5,8-9,15-16,18H,2,6-7,10-13H2,1H3,(H,20,21). The predicted octanol–water partition coefficient (Wildman–Crippen LogP) is 2.49. The summed E-state index contributed by atoms with van der Waals surface area (Å²) >= 11 is 0. The van der Waals surface area contributed by atoms with Gasteiger partial charge in [0.2, 0.25) is 0 Å². The van der Waals surface area contributed by atoms with Gasteiger partial charge in [-0.25, -0.2) is 0 Å². The van der Waals surface area contributed by atoms with Gasteiger partial charge in [0.05, 0.1) is 0 Å². The molecule has 2 unspecified atom stereocenters. The highest BCUT2D eigenvalue weighted by Gasteiger charge is 2.25. The van der Waals surface area contributed by atoms with E-state index in [1.54, 1.807) is 0 Å². The Labute approximate surface area is 127 Å². The molecule has 1 heterocycles. The molecule has 0 aromatic heterocycles. The second kappa shape index (κ2) is 8.15. The Kier molecular flexibility index (Phi) is 6.21. The van der Waals surface area contributed by atoms with Gasteiger partial charge >= 0.3 is 5.97 Å². The molecule has 2 N–H and O–H groups in total. The normalized spacial score (nSPS) is 21.1. The smallest absolute Gasteiger partial charge is 0.320 e. The van der Waals surface area contributed by atoms with Gasteiger partial charge in [-0.3, -0.25) is 9.69 Å². The van der Waals surface area contributed by atoms with E-state index in [9.17, 15) is 9.90 Å². The fourth-order valence-electron chi connectivity index (χ4n) is 3.03. The maximum absolute atomic E-state index is 11.3. The second-order valence-electron chi connectivity index (χ2n) is 5.91. The van der Waals surface area contributed by atoms with Crippen LogP contribution in [0.1, 0.15) is 38.2 Å². The predicted molar refractivity (Wildman–Crippen MR) is 84.2 cm³/mol. The van der Waals surface area contributed by atoms with Gasteiger partial charge in [0.15, 0.2) is 0 Å². The number of hydrogen-bond donors (Lipinski definition) is 2. The lowest BCUT2D eigenvalue weighted by molar-refractivity contribution is -0.140. The van der Waals surface area contributed by atoms with Crippen LogP contribution < -0.4 is 5.32 Å². The average molecular weight is 290 g/mol. The van der Waals surface area contributed by atoms with E-state index >= 15 is 0 Å². The molecule has 1 aromatic rings. The number of carboxylic acid groups (broad SMARTS) is 1. The van der Waals surface area contributed by atoms with Crippen LogP contribution in [-0.4, -0.2) is 41.1 Å². The van der Waals surface area contributed by atoms with Gasteiger partial charge in [0.25, 0.3) is 0 Å². The molecule has 2 rings (SSSR count). The quantitative estimate of drug-likeness (QED) is 0.810. The number of hydrogen-bond acceptors (Lipinski definition) is 3. The number of rotatable bonds is 7. The van der Waals surface area contributed by atoms with Crippen molar-refractivity contribution in [2.45, 2.75) is 51.2 Å². The molecule has 0 radical (unpaired) electrons. The van der Waals surface area contributed by atoms with Crippen molar-refractivity contribution >= 4 is 5.97 Å². The number of carbonyl (C=O) groups is 1. The van der Waals surface area contributed by atoms with E-state index in [0.717, 1.165) is 38.9 Å². The van der Waals surface area contributed by atoms with Crippen LogP contribution in [0.2, 0.25) is 0 Å². The van der Waals surface area contributed by atoms with E-state index in [4.69, 9.17) is 0 Å². The summed E-state index contributed by atoms with van der Waals surface area (Å²) in [5.74, 6) is -0.725. The van der Waals surface area contributed by atoms with Crippen molar-refractivity contribution in [3.63, 3.8) is 0 Å². The number of aliphatic carboxylic acids is 1. The summed E-state index contributed by atoms with van der Waals surface area (Å²) in [5.41, 5.74) is 1.32. The van der Waals surface area contributed by atoms with Gasteiger partial charge in [-0.05, 0) is 31.4 Å². The number of likely N-dealkylation sites (tertiary alicyclic amines) is 1. The third-order valence-electron chi connectivity index (χ3n) is 4.07. The van der Waals surface area contributed by atoms with E-state index in [0.29, 0.717) is 6.42 Å². The summed E-state index contributed by atoms with van der Waals surface area (Å²) in [5, 5.41) is 12.6. The van der Waals surface area contributed by atoms with Crippen LogP contribution in [0, 0.1) is 0 Å². The van der Waals surface area contributed by atoms with Crippen LogP contribution in [0.4, 0.5) is 0 Å². The Morgan fingerprint density at radius 3 is 2.86 bits per heavy atom. The lowest BCUT2D eigenvalue weighted by Gasteiger charge is -2.34. The maximum atomic E-state index is 11.3. The minimum atomic E-state index is -0.725. The van der Waals surface area contributed by atoms with Crippen molar-refractivity contribution in [1.82, 2.24) is 10.2 Å². The molecule has 4 nitrogen and oxygen atoms in total. The van der Waals surface area contributed by atoms with Crippen LogP contribution in [0.15, 0.2) is 30.3 Å². The van der Waals surface area contributed by atoms with Crippen molar-refractivity contribution in [3.8, 4) is 0 Å². The Hall–Kier alpha value is -1.39. The monoisotopic (exact) mass is 290 g/mol. The van der Waals surface area contributed by atoms with Crippen LogP contribution in [0.5, 0.6) is 0 Å². The summed E-state index contributed by atoms with van der Waals surface area (Å²) in [7, 11) is 0. The molecule has 0 amide bonds. The molecule has 0 spiro atoms. The van der Waals surface area contributed by atoms with Crippen molar-refractivity contribution in [2.75, 3.05) is 13.1 Å². The van der Waals surface area contributed by atoms with Crippen LogP contribution in [0.25, 0.3) is 0 Å². The molecule has 1 saturated heterocycles. The Balaban J connectivity index is 1.86. The highest BCUT2D eigenvalue weighted by atomic mass is 16.4. The fraction of sp³-hybridized carbons (Fsp3) is 0.588. The van der Waals surface area contributed by atoms with E-state index in [-0.39, 0.29) is 6.04 Å². The first-order valence-electron chi connectivity index (χ1n) is 7.94. The van der Waals surface area contributed by atoms with Gasteiger partial charge in [-0.2, -0.15) is 0 Å². The molecule has 1 fully saturated rings. The molecule has 2 atom stereocenters. The largest absolute Gasteiger partial charge is 0.480 e. The second-order valence-corrected chi connectivity index (χ2v) is 5.91. The molecule has 0 bridgehead atoms. The Bertz CT molecular complexity index is 436. The summed E-state index contributed by atoms with van der Waals surface area (Å²) in [6.45, 7) is 5.01. The topological polar surface area (TPSA) is 52.6 Å². The lowest BCUT2D eigenvalue weighted by Crippen LogP contribution is -2.51.